The number of nitrogens with one attached hydrogen (secondary N) is 1. The van der Waals surface area contributed by atoms with Gasteiger partial charge in [0.1, 0.15) is 0 Å². The highest BCUT2D eigenvalue weighted by atomic mass is 32.1. The van der Waals surface area contributed by atoms with Crippen LogP contribution in [0.3, 0.4) is 0 Å². The van der Waals surface area contributed by atoms with Crippen LogP contribution in [-0.2, 0) is 11.8 Å². The van der Waals surface area contributed by atoms with Crippen molar-refractivity contribution in [2.45, 2.75) is 45.6 Å². The second-order valence-corrected chi connectivity index (χ2v) is 6.70. The molecule has 0 amide bonds. The van der Waals surface area contributed by atoms with E-state index in [-0.39, 0.29) is 11.5 Å². The van der Waals surface area contributed by atoms with Gasteiger partial charge in [0, 0.05) is 5.38 Å². The molecule has 1 aromatic heterocycles. The molecule has 0 saturated heterocycles. The average Bonchev–Trinajstić information content (AvgIpc) is 2.91. The summed E-state index contributed by atoms with van der Waals surface area (Å²) in [6, 6.07) is 9.17. The largest absolute Gasteiger partial charge is 0.309 e. The van der Waals surface area contributed by atoms with E-state index >= 15 is 0 Å². The van der Waals surface area contributed by atoms with Gasteiger partial charge in [0.25, 0.3) is 0 Å². The summed E-state index contributed by atoms with van der Waals surface area (Å²) in [5, 5.41) is 9.70. The number of benzene rings is 1. The van der Waals surface area contributed by atoms with Crippen LogP contribution in [0, 0.1) is 0 Å². The van der Waals surface area contributed by atoms with E-state index in [4.69, 9.17) is 0 Å². The lowest BCUT2D eigenvalue weighted by Crippen LogP contribution is -2.23. The Hall–Kier alpha value is -1.26. The fraction of sp³-hybridized carbons (Fsp3) is 0.500. The van der Waals surface area contributed by atoms with Crippen molar-refractivity contribution in [2.75, 3.05) is 6.54 Å². The molecular formula is C16H23N3S. The Bertz CT molecular complexity index is 512. The number of nitrogens with zero attached hydrogens (tertiary/aromatic N) is 2. The van der Waals surface area contributed by atoms with Crippen molar-refractivity contribution < 1.29 is 0 Å². The van der Waals surface area contributed by atoms with Crippen LogP contribution >= 0.6 is 11.5 Å². The minimum atomic E-state index is 0.207. The Morgan fingerprint density at radius 1 is 1.20 bits per heavy atom. The highest BCUT2D eigenvalue weighted by Gasteiger charge is 2.16. The molecule has 0 fully saturated rings. The lowest BCUT2D eigenvalue weighted by atomic mass is 9.86. The third-order valence-corrected chi connectivity index (χ3v) is 3.97. The molecule has 2 aromatic rings. The van der Waals surface area contributed by atoms with Crippen molar-refractivity contribution in [3.05, 3.63) is 46.5 Å². The van der Waals surface area contributed by atoms with Gasteiger partial charge in [-0.25, -0.2) is 0 Å². The molecule has 1 heterocycles. The summed E-state index contributed by atoms with van der Waals surface area (Å²) in [5.41, 5.74) is 3.95. The highest BCUT2D eigenvalue weighted by molar-refractivity contribution is 7.03. The van der Waals surface area contributed by atoms with Gasteiger partial charge in [-0.3, -0.25) is 0 Å². The maximum absolute atomic E-state index is 4.19. The van der Waals surface area contributed by atoms with E-state index in [1.165, 1.54) is 22.7 Å². The Morgan fingerprint density at radius 2 is 1.90 bits per heavy atom. The number of likely N-dealkylation sites (N-methyl/N-ethyl adjacent to an activating group) is 1. The van der Waals surface area contributed by atoms with Gasteiger partial charge in [0.05, 0.1) is 11.7 Å². The number of rotatable bonds is 5. The first kappa shape index (κ1) is 15.1. The highest BCUT2D eigenvalue weighted by Crippen LogP contribution is 2.24. The van der Waals surface area contributed by atoms with Gasteiger partial charge in [0.15, 0.2) is 0 Å². The molecule has 4 heteroatoms. The molecule has 20 heavy (non-hydrogen) atoms. The van der Waals surface area contributed by atoms with Crippen LogP contribution in [-0.4, -0.2) is 16.1 Å². The molecule has 1 unspecified atom stereocenters. The van der Waals surface area contributed by atoms with Crippen LogP contribution in [0.4, 0.5) is 0 Å². The number of hydrogen-bond donors (Lipinski definition) is 1. The zero-order chi connectivity index (χ0) is 14.6. The second kappa shape index (κ2) is 6.46. The van der Waals surface area contributed by atoms with Crippen LogP contribution < -0.4 is 5.32 Å². The van der Waals surface area contributed by atoms with Crippen molar-refractivity contribution >= 4 is 11.5 Å². The topological polar surface area (TPSA) is 37.8 Å². The predicted octanol–water partition coefficient (Wildman–Crippen LogP) is 3.73. The van der Waals surface area contributed by atoms with E-state index in [1.807, 2.05) is 5.38 Å². The van der Waals surface area contributed by atoms with Gasteiger partial charge in [-0.15, -0.1) is 5.10 Å². The van der Waals surface area contributed by atoms with Gasteiger partial charge in [0.2, 0.25) is 0 Å². The lowest BCUT2D eigenvalue weighted by molar-refractivity contribution is 0.535. The van der Waals surface area contributed by atoms with Crippen LogP contribution in [0.15, 0.2) is 29.6 Å². The molecule has 0 spiro atoms. The van der Waals surface area contributed by atoms with Crippen LogP contribution in [0.5, 0.6) is 0 Å². The van der Waals surface area contributed by atoms with Crippen LogP contribution in [0.1, 0.15) is 50.6 Å². The Kier molecular flexibility index (Phi) is 4.89. The monoisotopic (exact) mass is 289 g/mol. The Balaban J connectivity index is 2.11. The minimum absolute atomic E-state index is 0.207. The molecular weight excluding hydrogens is 266 g/mol. The summed E-state index contributed by atoms with van der Waals surface area (Å²) in [6.07, 6.45) is 0.948. The molecule has 0 aliphatic carbocycles. The minimum Gasteiger partial charge on any atom is -0.309 e. The van der Waals surface area contributed by atoms with E-state index in [9.17, 15) is 0 Å². The van der Waals surface area contributed by atoms with Gasteiger partial charge < -0.3 is 5.32 Å². The summed E-state index contributed by atoms with van der Waals surface area (Å²) in [7, 11) is 0. The Morgan fingerprint density at radius 3 is 2.40 bits per heavy atom. The van der Waals surface area contributed by atoms with Gasteiger partial charge in [-0.2, -0.15) is 0 Å². The normalized spacial score (nSPS) is 13.4. The average molecular weight is 289 g/mol. The molecule has 1 aromatic carbocycles. The molecule has 1 N–H and O–H groups in total. The van der Waals surface area contributed by atoms with Gasteiger partial charge in [-0.05, 0) is 41.0 Å². The summed E-state index contributed by atoms with van der Waals surface area (Å²) < 4.78 is 3.97. The first-order valence-electron chi connectivity index (χ1n) is 7.10. The van der Waals surface area contributed by atoms with Crippen molar-refractivity contribution in [3.63, 3.8) is 0 Å². The SMILES string of the molecule is CCNC(Cc1ccc(C(C)(C)C)cc1)c1csnn1. The Labute approximate surface area is 125 Å². The maximum atomic E-state index is 4.19. The molecule has 0 aliphatic heterocycles. The lowest BCUT2D eigenvalue weighted by Gasteiger charge is -2.20. The quantitative estimate of drug-likeness (QED) is 0.911. The fourth-order valence-corrected chi connectivity index (χ4v) is 2.74. The standard InChI is InChI=1S/C16H23N3S/c1-5-17-14(15-11-20-19-18-15)10-12-6-8-13(9-7-12)16(2,3)4/h6-9,11,14,17H,5,10H2,1-4H3. The van der Waals surface area contributed by atoms with E-state index < -0.39 is 0 Å². The van der Waals surface area contributed by atoms with Crippen molar-refractivity contribution in [2.24, 2.45) is 0 Å². The van der Waals surface area contributed by atoms with E-state index in [1.54, 1.807) is 0 Å². The number of aromatic nitrogens is 2. The zero-order valence-corrected chi connectivity index (χ0v) is 13.5. The maximum Gasteiger partial charge on any atom is 0.0928 e. The van der Waals surface area contributed by atoms with Crippen molar-refractivity contribution in [1.82, 2.24) is 14.9 Å². The summed E-state index contributed by atoms with van der Waals surface area (Å²) in [4.78, 5) is 0. The van der Waals surface area contributed by atoms with Gasteiger partial charge in [-0.1, -0.05) is 56.4 Å². The van der Waals surface area contributed by atoms with E-state index in [0.717, 1.165) is 18.7 Å². The fourth-order valence-electron chi connectivity index (χ4n) is 2.23. The van der Waals surface area contributed by atoms with Gasteiger partial charge >= 0.3 is 0 Å². The molecule has 108 valence electrons. The molecule has 2 rings (SSSR count). The van der Waals surface area contributed by atoms with Crippen LogP contribution in [0.25, 0.3) is 0 Å². The van der Waals surface area contributed by atoms with E-state index in [0.29, 0.717) is 0 Å². The second-order valence-electron chi connectivity index (χ2n) is 6.09. The summed E-state index contributed by atoms with van der Waals surface area (Å²) >= 11 is 1.41. The molecule has 3 nitrogen and oxygen atoms in total. The first-order valence-corrected chi connectivity index (χ1v) is 7.94. The molecule has 0 bridgehead atoms. The molecule has 0 aliphatic rings. The molecule has 0 saturated carbocycles. The first-order chi connectivity index (χ1) is 9.50. The summed E-state index contributed by atoms with van der Waals surface area (Å²) in [5.74, 6) is 0. The smallest absolute Gasteiger partial charge is 0.0928 e. The van der Waals surface area contributed by atoms with Crippen LogP contribution in [0.2, 0.25) is 0 Å². The van der Waals surface area contributed by atoms with Crippen molar-refractivity contribution in [1.29, 1.82) is 0 Å². The third kappa shape index (κ3) is 3.87. The number of hydrogen-bond acceptors (Lipinski definition) is 4. The zero-order valence-electron chi connectivity index (χ0n) is 12.7. The summed E-state index contributed by atoms with van der Waals surface area (Å²) in [6.45, 7) is 9.77. The van der Waals surface area contributed by atoms with E-state index in [2.05, 4.69) is 66.9 Å². The third-order valence-electron chi connectivity index (χ3n) is 3.44. The predicted molar refractivity (Wildman–Crippen MR) is 85.2 cm³/mol. The molecule has 1 atom stereocenters. The molecule has 0 radical (unpaired) electrons. The van der Waals surface area contributed by atoms with Crippen molar-refractivity contribution in [3.8, 4) is 0 Å².